The SMILES string of the molecule is CCN(CC)CCCN1C(=O)C(=O)/C(=C(/O)c2cccc(OC)c2)[C@@H]1c1cccc(OC)c1. The highest BCUT2D eigenvalue weighted by atomic mass is 16.5. The van der Waals surface area contributed by atoms with E-state index in [0.717, 1.165) is 19.6 Å². The van der Waals surface area contributed by atoms with E-state index in [2.05, 4.69) is 18.7 Å². The molecule has 3 rings (SSSR count). The summed E-state index contributed by atoms with van der Waals surface area (Å²) in [5.74, 6) is -0.350. The molecule has 33 heavy (non-hydrogen) atoms. The molecule has 0 bridgehead atoms. The fraction of sp³-hybridized carbons (Fsp3) is 0.385. The molecular weight excluding hydrogens is 420 g/mol. The normalized spacial score (nSPS) is 17.6. The van der Waals surface area contributed by atoms with Gasteiger partial charge in [-0.25, -0.2) is 0 Å². The van der Waals surface area contributed by atoms with Crippen molar-refractivity contribution in [3.05, 3.63) is 65.2 Å². The Bertz CT molecular complexity index is 1030. The minimum atomic E-state index is -0.706. The van der Waals surface area contributed by atoms with Gasteiger partial charge in [0.1, 0.15) is 17.3 Å². The number of Topliss-reactive ketones (excluding diaryl/α,β-unsaturated/α-hetero) is 1. The molecule has 2 aromatic rings. The molecule has 0 saturated carbocycles. The zero-order valence-corrected chi connectivity index (χ0v) is 19.7. The Balaban J connectivity index is 2.06. The van der Waals surface area contributed by atoms with E-state index in [9.17, 15) is 14.7 Å². The van der Waals surface area contributed by atoms with Crippen LogP contribution in [0.4, 0.5) is 0 Å². The topological polar surface area (TPSA) is 79.3 Å². The lowest BCUT2D eigenvalue weighted by molar-refractivity contribution is -0.140. The van der Waals surface area contributed by atoms with Crippen LogP contribution in [0.15, 0.2) is 54.1 Å². The Labute approximate surface area is 195 Å². The Morgan fingerprint density at radius 3 is 2.27 bits per heavy atom. The molecule has 0 spiro atoms. The smallest absolute Gasteiger partial charge is 0.295 e. The van der Waals surface area contributed by atoms with Crippen molar-refractivity contribution in [2.75, 3.05) is 40.4 Å². The molecule has 0 unspecified atom stereocenters. The average Bonchev–Trinajstić information content (AvgIpc) is 3.11. The Kier molecular flexibility index (Phi) is 8.11. The zero-order valence-electron chi connectivity index (χ0n) is 19.7. The summed E-state index contributed by atoms with van der Waals surface area (Å²) in [6, 6.07) is 13.4. The number of ketones is 1. The number of methoxy groups -OCH3 is 2. The first kappa shape index (κ1) is 24.3. The van der Waals surface area contributed by atoms with Crippen LogP contribution in [0.5, 0.6) is 11.5 Å². The molecule has 1 aliphatic rings. The van der Waals surface area contributed by atoms with Gasteiger partial charge in [-0.05, 0) is 55.9 Å². The van der Waals surface area contributed by atoms with Crippen molar-refractivity contribution in [1.29, 1.82) is 0 Å². The van der Waals surface area contributed by atoms with E-state index in [-0.39, 0.29) is 11.3 Å². The summed E-state index contributed by atoms with van der Waals surface area (Å²) in [4.78, 5) is 30.1. The summed E-state index contributed by atoms with van der Waals surface area (Å²) in [6.07, 6.45) is 0.717. The first-order valence-electron chi connectivity index (χ1n) is 11.2. The van der Waals surface area contributed by atoms with Gasteiger partial charge in [0.2, 0.25) is 0 Å². The fourth-order valence-electron chi connectivity index (χ4n) is 4.20. The minimum Gasteiger partial charge on any atom is -0.507 e. The average molecular weight is 453 g/mol. The molecule has 0 aromatic heterocycles. The van der Waals surface area contributed by atoms with Gasteiger partial charge in [0, 0.05) is 12.1 Å². The van der Waals surface area contributed by atoms with Crippen LogP contribution in [0.3, 0.4) is 0 Å². The van der Waals surface area contributed by atoms with Crippen LogP contribution in [0.1, 0.15) is 37.4 Å². The van der Waals surface area contributed by atoms with Gasteiger partial charge in [-0.1, -0.05) is 38.1 Å². The van der Waals surface area contributed by atoms with E-state index in [1.54, 1.807) is 48.4 Å². The molecule has 1 amide bonds. The summed E-state index contributed by atoms with van der Waals surface area (Å²) in [5.41, 5.74) is 1.20. The molecule has 7 heteroatoms. The predicted octanol–water partition coefficient (Wildman–Crippen LogP) is 3.86. The Hall–Kier alpha value is -3.32. The van der Waals surface area contributed by atoms with Crippen molar-refractivity contribution in [1.82, 2.24) is 9.80 Å². The number of ether oxygens (including phenoxy) is 2. The number of hydrogen-bond acceptors (Lipinski definition) is 6. The van der Waals surface area contributed by atoms with E-state index in [1.807, 2.05) is 12.1 Å². The maximum Gasteiger partial charge on any atom is 0.295 e. The molecule has 1 aliphatic heterocycles. The molecular formula is C26H32N2O5. The second kappa shape index (κ2) is 11.0. The van der Waals surface area contributed by atoms with E-state index in [1.165, 1.54) is 7.11 Å². The molecule has 176 valence electrons. The number of hydrogen-bond donors (Lipinski definition) is 1. The highest BCUT2D eigenvalue weighted by Crippen LogP contribution is 2.40. The summed E-state index contributed by atoms with van der Waals surface area (Å²) >= 11 is 0. The van der Waals surface area contributed by atoms with E-state index in [0.29, 0.717) is 35.6 Å². The van der Waals surface area contributed by atoms with Gasteiger partial charge in [-0.3, -0.25) is 9.59 Å². The van der Waals surface area contributed by atoms with Gasteiger partial charge >= 0.3 is 0 Å². The second-order valence-electron chi connectivity index (χ2n) is 7.88. The van der Waals surface area contributed by atoms with Gasteiger partial charge in [0.05, 0.1) is 25.8 Å². The van der Waals surface area contributed by atoms with Crippen LogP contribution in [-0.4, -0.2) is 67.0 Å². The highest BCUT2D eigenvalue weighted by Gasteiger charge is 2.45. The second-order valence-corrected chi connectivity index (χ2v) is 7.88. The molecule has 0 radical (unpaired) electrons. The third-order valence-electron chi connectivity index (χ3n) is 6.06. The van der Waals surface area contributed by atoms with E-state index < -0.39 is 17.7 Å². The number of nitrogens with zero attached hydrogens (tertiary/aromatic N) is 2. The van der Waals surface area contributed by atoms with Gasteiger partial charge in [-0.2, -0.15) is 0 Å². The van der Waals surface area contributed by atoms with Crippen molar-refractivity contribution in [3.8, 4) is 11.5 Å². The first-order chi connectivity index (χ1) is 15.9. The third kappa shape index (κ3) is 5.20. The van der Waals surface area contributed by atoms with Crippen LogP contribution in [0, 0.1) is 0 Å². The molecule has 1 N–H and O–H groups in total. The summed E-state index contributed by atoms with van der Waals surface area (Å²) < 4.78 is 10.6. The summed E-state index contributed by atoms with van der Waals surface area (Å²) in [5, 5.41) is 11.2. The number of likely N-dealkylation sites (tertiary alicyclic amines) is 1. The largest absolute Gasteiger partial charge is 0.507 e. The fourth-order valence-corrected chi connectivity index (χ4v) is 4.20. The van der Waals surface area contributed by atoms with E-state index >= 15 is 0 Å². The Morgan fingerprint density at radius 1 is 1.00 bits per heavy atom. The maximum absolute atomic E-state index is 13.2. The lowest BCUT2D eigenvalue weighted by atomic mass is 9.95. The van der Waals surface area contributed by atoms with Crippen LogP contribution >= 0.6 is 0 Å². The standard InChI is InChI=1S/C26H32N2O5/c1-5-27(6-2)14-9-15-28-23(18-10-7-12-20(16-18)32-3)22(25(30)26(28)31)24(29)19-11-8-13-21(17-19)33-4/h7-8,10-13,16-17,23,29H,5-6,9,14-15H2,1-4H3/b24-22+/t23-/m0/s1. The van der Waals surface area contributed by atoms with Crippen LogP contribution in [0.2, 0.25) is 0 Å². The van der Waals surface area contributed by atoms with Crippen molar-refractivity contribution in [2.24, 2.45) is 0 Å². The first-order valence-corrected chi connectivity index (χ1v) is 11.2. The van der Waals surface area contributed by atoms with Crippen LogP contribution < -0.4 is 9.47 Å². The molecule has 1 saturated heterocycles. The van der Waals surface area contributed by atoms with Crippen molar-refractivity contribution < 1.29 is 24.2 Å². The summed E-state index contributed by atoms with van der Waals surface area (Å²) in [6.45, 7) is 7.25. The molecule has 1 atom stereocenters. The number of benzene rings is 2. The van der Waals surface area contributed by atoms with Crippen molar-refractivity contribution >= 4 is 17.4 Å². The third-order valence-corrected chi connectivity index (χ3v) is 6.06. The number of rotatable bonds is 10. The van der Waals surface area contributed by atoms with Crippen molar-refractivity contribution in [2.45, 2.75) is 26.3 Å². The number of amides is 1. The number of aliphatic hydroxyl groups is 1. The zero-order chi connectivity index (χ0) is 24.0. The Morgan fingerprint density at radius 2 is 1.64 bits per heavy atom. The molecule has 1 fully saturated rings. The number of carbonyl (C=O) groups is 2. The highest BCUT2D eigenvalue weighted by molar-refractivity contribution is 6.46. The number of carbonyl (C=O) groups excluding carboxylic acids is 2. The van der Waals surface area contributed by atoms with Gasteiger partial charge < -0.3 is 24.4 Å². The van der Waals surface area contributed by atoms with Crippen LogP contribution in [0.25, 0.3) is 5.76 Å². The van der Waals surface area contributed by atoms with Gasteiger partial charge in [0.25, 0.3) is 11.7 Å². The molecule has 2 aromatic carbocycles. The molecule has 1 heterocycles. The maximum atomic E-state index is 13.2. The lowest BCUT2D eigenvalue weighted by Gasteiger charge is -2.27. The number of aliphatic hydroxyl groups excluding tert-OH is 1. The van der Waals surface area contributed by atoms with Gasteiger partial charge in [-0.15, -0.1) is 0 Å². The monoisotopic (exact) mass is 452 g/mol. The van der Waals surface area contributed by atoms with E-state index in [4.69, 9.17) is 9.47 Å². The minimum absolute atomic E-state index is 0.0735. The summed E-state index contributed by atoms with van der Waals surface area (Å²) in [7, 11) is 3.10. The molecule has 7 nitrogen and oxygen atoms in total. The molecule has 0 aliphatic carbocycles. The van der Waals surface area contributed by atoms with Crippen LogP contribution in [-0.2, 0) is 9.59 Å². The lowest BCUT2D eigenvalue weighted by Crippen LogP contribution is -2.33. The quantitative estimate of drug-likeness (QED) is 0.335. The predicted molar refractivity (Wildman–Crippen MR) is 127 cm³/mol. The van der Waals surface area contributed by atoms with Gasteiger partial charge in [0.15, 0.2) is 0 Å². The van der Waals surface area contributed by atoms with Crippen molar-refractivity contribution in [3.63, 3.8) is 0 Å².